The standard InChI is InChI=1S/C44H27NO/c1-2-12-32(13-3-1)45-39-18-6-4-15-37(39)43-38-27-30(21-20-28(38)22-24-40(43)45)29-10-8-11-31(26-29)33-23-25-42-44-35(33)16-9-17-36(44)34-14-5-7-19-41(34)46-42/h1-27H. The third kappa shape index (κ3) is 3.65. The minimum absolute atomic E-state index is 0.912. The lowest BCUT2D eigenvalue weighted by atomic mass is 9.89. The fraction of sp³-hybridized carbons (Fsp3) is 0. The van der Waals surface area contributed by atoms with E-state index in [0.29, 0.717) is 0 Å². The largest absolute Gasteiger partial charge is 0.456 e. The summed E-state index contributed by atoms with van der Waals surface area (Å²) < 4.78 is 8.75. The highest BCUT2D eigenvalue weighted by Crippen LogP contribution is 2.48. The lowest BCUT2D eigenvalue weighted by Crippen LogP contribution is -1.97. The molecule has 2 nitrogen and oxygen atoms in total. The van der Waals surface area contributed by atoms with Crippen LogP contribution in [0.4, 0.5) is 0 Å². The van der Waals surface area contributed by atoms with Crippen molar-refractivity contribution in [2.24, 2.45) is 0 Å². The SMILES string of the molecule is c1ccc(-n2c3ccccc3c3c4cc(-c5cccc(-c6ccc7c8c(cccc68)-c6ccccc6O7)c5)ccc4ccc32)cc1. The average Bonchev–Trinajstić information content (AvgIpc) is 3.47. The Morgan fingerprint density at radius 3 is 2.07 bits per heavy atom. The summed E-state index contributed by atoms with van der Waals surface area (Å²) in [5.74, 6) is 1.83. The van der Waals surface area contributed by atoms with Crippen molar-refractivity contribution >= 4 is 43.4 Å². The number of ether oxygens (including phenoxy) is 1. The van der Waals surface area contributed by atoms with E-state index in [2.05, 4.69) is 156 Å². The van der Waals surface area contributed by atoms with Gasteiger partial charge in [-0.2, -0.15) is 0 Å². The first-order valence-electron chi connectivity index (χ1n) is 15.8. The monoisotopic (exact) mass is 585 g/mol. The van der Waals surface area contributed by atoms with Gasteiger partial charge in [0.15, 0.2) is 0 Å². The van der Waals surface area contributed by atoms with Gasteiger partial charge in [0, 0.05) is 27.4 Å². The smallest absolute Gasteiger partial charge is 0.135 e. The molecule has 9 aromatic rings. The van der Waals surface area contributed by atoms with E-state index in [-0.39, 0.29) is 0 Å². The molecule has 1 aromatic heterocycles. The van der Waals surface area contributed by atoms with E-state index in [9.17, 15) is 0 Å². The first kappa shape index (κ1) is 25.2. The van der Waals surface area contributed by atoms with Crippen LogP contribution < -0.4 is 4.74 Å². The van der Waals surface area contributed by atoms with Crippen LogP contribution in [0.3, 0.4) is 0 Å². The van der Waals surface area contributed by atoms with Crippen molar-refractivity contribution in [3.8, 4) is 50.6 Å². The topological polar surface area (TPSA) is 14.2 Å². The molecule has 1 aliphatic heterocycles. The Labute approximate surface area is 266 Å². The normalized spacial score (nSPS) is 12.1. The van der Waals surface area contributed by atoms with Crippen molar-refractivity contribution in [2.45, 2.75) is 0 Å². The molecule has 0 bridgehead atoms. The molecule has 0 atom stereocenters. The second-order valence-corrected chi connectivity index (χ2v) is 12.1. The van der Waals surface area contributed by atoms with Crippen molar-refractivity contribution in [3.63, 3.8) is 0 Å². The highest BCUT2D eigenvalue weighted by molar-refractivity contribution is 6.22. The summed E-state index contributed by atoms with van der Waals surface area (Å²) in [6.07, 6.45) is 0. The van der Waals surface area contributed by atoms with Crippen LogP contribution in [0.15, 0.2) is 164 Å². The number of hydrogen-bond acceptors (Lipinski definition) is 1. The van der Waals surface area contributed by atoms with Gasteiger partial charge in [0.2, 0.25) is 0 Å². The Bertz CT molecular complexity index is 2660. The lowest BCUT2D eigenvalue weighted by Gasteiger charge is -2.22. The molecule has 10 rings (SSSR count). The second kappa shape index (κ2) is 9.69. The summed E-state index contributed by atoms with van der Waals surface area (Å²) in [7, 11) is 0. The van der Waals surface area contributed by atoms with Gasteiger partial charge >= 0.3 is 0 Å². The van der Waals surface area contributed by atoms with E-state index in [0.717, 1.165) is 17.1 Å². The van der Waals surface area contributed by atoms with E-state index in [1.54, 1.807) is 0 Å². The van der Waals surface area contributed by atoms with E-state index in [4.69, 9.17) is 4.74 Å². The van der Waals surface area contributed by atoms with Gasteiger partial charge in [-0.1, -0.05) is 115 Å². The van der Waals surface area contributed by atoms with Crippen LogP contribution in [0.1, 0.15) is 0 Å². The van der Waals surface area contributed by atoms with Gasteiger partial charge in [-0.3, -0.25) is 0 Å². The van der Waals surface area contributed by atoms with Crippen molar-refractivity contribution in [1.29, 1.82) is 0 Å². The van der Waals surface area contributed by atoms with E-state index < -0.39 is 0 Å². The predicted molar refractivity (Wildman–Crippen MR) is 192 cm³/mol. The molecule has 0 fully saturated rings. The van der Waals surface area contributed by atoms with E-state index >= 15 is 0 Å². The Balaban J connectivity index is 1.16. The molecule has 0 saturated heterocycles. The first-order valence-corrected chi connectivity index (χ1v) is 15.8. The number of aromatic nitrogens is 1. The third-order valence-corrected chi connectivity index (χ3v) is 9.58. The molecule has 0 spiro atoms. The Morgan fingerprint density at radius 2 is 1.11 bits per heavy atom. The molecule has 1 aliphatic rings. The second-order valence-electron chi connectivity index (χ2n) is 12.1. The molecule has 0 unspecified atom stereocenters. The fourth-order valence-electron chi connectivity index (χ4n) is 7.52. The molecular weight excluding hydrogens is 558 g/mol. The van der Waals surface area contributed by atoms with Crippen molar-refractivity contribution in [2.75, 3.05) is 0 Å². The minimum Gasteiger partial charge on any atom is -0.456 e. The maximum Gasteiger partial charge on any atom is 0.135 e. The maximum absolute atomic E-state index is 6.37. The zero-order chi connectivity index (χ0) is 30.2. The Morgan fingerprint density at radius 1 is 0.370 bits per heavy atom. The van der Waals surface area contributed by atoms with Crippen LogP contribution in [0, 0.1) is 0 Å². The Hall–Kier alpha value is -6.12. The molecule has 0 aliphatic carbocycles. The Kier molecular flexibility index (Phi) is 5.31. The molecular formula is C44H27NO. The number of fused-ring (bicyclic) bond motifs is 7. The third-order valence-electron chi connectivity index (χ3n) is 9.58. The molecule has 46 heavy (non-hydrogen) atoms. The lowest BCUT2D eigenvalue weighted by molar-refractivity contribution is 0.487. The van der Waals surface area contributed by atoms with Gasteiger partial charge in [-0.25, -0.2) is 0 Å². The quantitative estimate of drug-likeness (QED) is 0.201. The van der Waals surface area contributed by atoms with Crippen LogP contribution in [-0.2, 0) is 0 Å². The summed E-state index contributed by atoms with van der Waals surface area (Å²) >= 11 is 0. The molecule has 0 amide bonds. The predicted octanol–water partition coefficient (Wildman–Crippen LogP) is 12.2. The number of para-hydroxylation sites is 3. The molecule has 0 radical (unpaired) electrons. The number of nitrogens with zero attached hydrogens (tertiary/aromatic N) is 1. The molecule has 0 saturated carbocycles. The van der Waals surface area contributed by atoms with Crippen LogP contribution in [0.25, 0.3) is 82.4 Å². The molecule has 214 valence electrons. The van der Waals surface area contributed by atoms with Crippen molar-refractivity contribution < 1.29 is 4.74 Å². The molecule has 0 N–H and O–H groups in total. The summed E-state index contributed by atoms with van der Waals surface area (Å²) in [4.78, 5) is 0. The number of benzene rings is 8. The summed E-state index contributed by atoms with van der Waals surface area (Å²) in [6.45, 7) is 0. The fourth-order valence-corrected chi connectivity index (χ4v) is 7.52. The van der Waals surface area contributed by atoms with Gasteiger partial charge in [-0.05, 0) is 92.5 Å². The van der Waals surface area contributed by atoms with Crippen molar-refractivity contribution in [3.05, 3.63) is 164 Å². The number of rotatable bonds is 3. The summed E-state index contributed by atoms with van der Waals surface area (Å²) in [5, 5.41) is 7.45. The highest BCUT2D eigenvalue weighted by Gasteiger charge is 2.21. The maximum atomic E-state index is 6.37. The van der Waals surface area contributed by atoms with E-state index in [1.807, 2.05) is 12.1 Å². The van der Waals surface area contributed by atoms with Gasteiger partial charge in [0.05, 0.1) is 11.0 Å². The van der Waals surface area contributed by atoms with Crippen LogP contribution in [0.5, 0.6) is 11.5 Å². The van der Waals surface area contributed by atoms with Crippen LogP contribution in [-0.4, -0.2) is 4.57 Å². The van der Waals surface area contributed by atoms with Gasteiger partial charge < -0.3 is 9.30 Å². The molecule has 8 aromatic carbocycles. The summed E-state index contributed by atoms with van der Waals surface area (Å²) in [6, 6.07) is 59.0. The minimum atomic E-state index is 0.912. The van der Waals surface area contributed by atoms with Gasteiger partial charge in [0.25, 0.3) is 0 Å². The molecule has 2 heterocycles. The highest BCUT2D eigenvalue weighted by atomic mass is 16.5. The average molecular weight is 586 g/mol. The zero-order valence-corrected chi connectivity index (χ0v) is 24.9. The molecule has 2 heteroatoms. The van der Waals surface area contributed by atoms with E-state index in [1.165, 1.54) is 76.9 Å². The van der Waals surface area contributed by atoms with Crippen LogP contribution in [0.2, 0.25) is 0 Å². The first-order chi connectivity index (χ1) is 22.8. The van der Waals surface area contributed by atoms with Gasteiger partial charge in [0.1, 0.15) is 11.5 Å². The van der Waals surface area contributed by atoms with Crippen LogP contribution >= 0.6 is 0 Å². The van der Waals surface area contributed by atoms with Crippen molar-refractivity contribution in [1.82, 2.24) is 4.57 Å². The summed E-state index contributed by atoms with van der Waals surface area (Å²) in [5.41, 5.74) is 10.8. The van der Waals surface area contributed by atoms with Gasteiger partial charge in [-0.15, -0.1) is 0 Å². The zero-order valence-electron chi connectivity index (χ0n) is 24.9. The number of hydrogen-bond donors (Lipinski definition) is 0.